The quantitative estimate of drug-likeness (QED) is 0.873. The Balaban J connectivity index is 1.85. The lowest BCUT2D eigenvalue weighted by atomic mass is 10.0. The van der Waals surface area contributed by atoms with Crippen molar-refractivity contribution in [3.05, 3.63) is 35.4 Å². The number of rotatable bonds is 5. The third kappa shape index (κ3) is 4.05. The van der Waals surface area contributed by atoms with Gasteiger partial charge in [-0.25, -0.2) is 0 Å². The average molecular weight is 260 g/mol. The van der Waals surface area contributed by atoms with Crippen LogP contribution in [0.1, 0.15) is 50.8 Å². The Morgan fingerprint density at radius 3 is 2.32 bits per heavy atom. The van der Waals surface area contributed by atoms with Crippen LogP contribution in [0.4, 0.5) is 0 Å². The van der Waals surface area contributed by atoms with Gasteiger partial charge in [-0.1, -0.05) is 38.1 Å². The molecule has 1 unspecified atom stereocenters. The van der Waals surface area contributed by atoms with Gasteiger partial charge < -0.3 is 10.2 Å². The minimum Gasteiger partial charge on any atom is -0.307 e. The number of aryl methyl sites for hydroxylation is 1. The van der Waals surface area contributed by atoms with Crippen molar-refractivity contribution >= 4 is 0 Å². The Labute approximate surface area is 118 Å². The molecule has 106 valence electrons. The molecular formula is C17H28N2. The summed E-state index contributed by atoms with van der Waals surface area (Å²) in [5.41, 5.74) is 2.84. The monoisotopic (exact) mass is 260 g/mol. The van der Waals surface area contributed by atoms with Gasteiger partial charge in [0.2, 0.25) is 0 Å². The number of hydrogen-bond donors (Lipinski definition) is 1. The van der Waals surface area contributed by atoms with Crippen molar-refractivity contribution < 1.29 is 0 Å². The SMILES string of the molecule is CCc1ccc(C(C)NC2CCN(CC)CC2)cc1. The molecule has 0 bridgehead atoms. The van der Waals surface area contributed by atoms with Gasteiger partial charge in [-0.3, -0.25) is 0 Å². The van der Waals surface area contributed by atoms with Gasteiger partial charge in [-0.05, 0) is 56.9 Å². The van der Waals surface area contributed by atoms with E-state index in [1.54, 1.807) is 0 Å². The van der Waals surface area contributed by atoms with E-state index in [0.29, 0.717) is 12.1 Å². The molecule has 1 aromatic carbocycles. The molecule has 1 aliphatic rings. The fourth-order valence-corrected chi connectivity index (χ4v) is 2.91. The third-order valence-electron chi connectivity index (χ3n) is 4.41. The summed E-state index contributed by atoms with van der Waals surface area (Å²) < 4.78 is 0. The van der Waals surface area contributed by atoms with Gasteiger partial charge in [0.25, 0.3) is 0 Å². The highest BCUT2D eigenvalue weighted by molar-refractivity contribution is 5.24. The summed E-state index contributed by atoms with van der Waals surface area (Å²) in [6.07, 6.45) is 3.69. The van der Waals surface area contributed by atoms with E-state index >= 15 is 0 Å². The summed E-state index contributed by atoms with van der Waals surface area (Å²) in [7, 11) is 0. The number of nitrogens with one attached hydrogen (secondary N) is 1. The Kier molecular flexibility index (Phi) is 5.41. The first kappa shape index (κ1) is 14.5. The lowest BCUT2D eigenvalue weighted by Crippen LogP contribution is -2.43. The van der Waals surface area contributed by atoms with E-state index in [9.17, 15) is 0 Å². The maximum absolute atomic E-state index is 3.79. The van der Waals surface area contributed by atoms with Gasteiger partial charge >= 0.3 is 0 Å². The van der Waals surface area contributed by atoms with Crippen molar-refractivity contribution in [2.45, 2.75) is 52.1 Å². The van der Waals surface area contributed by atoms with Gasteiger partial charge in [0, 0.05) is 12.1 Å². The van der Waals surface area contributed by atoms with Gasteiger partial charge in [-0.15, -0.1) is 0 Å². The fourth-order valence-electron chi connectivity index (χ4n) is 2.91. The summed E-state index contributed by atoms with van der Waals surface area (Å²) in [6, 6.07) is 10.2. The molecule has 1 N–H and O–H groups in total. The molecular weight excluding hydrogens is 232 g/mol. The van der Waals surface area contributed by atoms with Crippen LogP contribution in [-0.4, -0.2) is 30.6 Å². The highest BCUT2D eigenvalue weighted by atomic mass is 15.1. The zero-order valence-electron chi connectivity index (χ0n) is 12.7. The zero-order valence-corrected chi connectivity index (χ0v) is 12.7. The number of benzene rings is 1. The lowest BCUT2D eigenvalue weighted by molar-refractivity contribution is 0.200. The molecule has 2 rings (SSSR count). The van der Waals surface area contributed by atoms with E-state index in [2.05, 4.69) is 55.3 Å². The Bertz CT molecular complexity index is 363. The van der Waals surface area contributed by atoms with Gasteiger partial charge in [0.05, 0.1) is 0 Å². The van der Waals surface area contributed by atoms with Crippen LogP contribution in [0, 0.1) is 0 Å². The molecule has 1 atom stereocenters. The molecule has 0 radical (unpaired) electrons. The fraction of sp³-hybridized carbons (Fsp3) is 0.647. The molecule has 1 saturated heterocycles. The molecule has 0 amide bonds. The molecule has 19 heavy (non-hydrogen) atoms. The first-order valence-corrected chi connectivity index (χ1v) is 7.80. The van der Waals surface area contributed by atoms with E-state index in [0.717, 1.165) is 6.42 Å². The van der Waals surface area contributed by atoms with Crippen molar-refractivity contribution in [2.75, 3.05) is 19.6 Å². The van der Waals surface area contributed by atoms with Crippen LogP contribution in [0.25, 0.3) is 0 Å². The molecule has 1 aromatic rings. The predicted molar refractivity (Wildman–Crippen MR) is 82.5 cm³/mol. The Morgan fingerprint density at radius 2 is 1.79 bits per heavy atom. The van der Waals surface area contributed by atoms with Crippen molar-refractivity contribution in [3.63, 3.8) is 0 Å². The van der Waals surface area contributed by atoms with Crippen molar-refractivity contribution in [2.24, 2.45) is 0 Å². The molecule has 1 fully saturated rings. The molecule has 2 heteroatoms. The second-order valence-electron chi connectivity index (χ2n) is 5.69. The van der Waals surface area contributed by atoms with E-state index in [4.69, 9.17) is 0 Å². The normalized spacial score (nSPS) is 19.5. The lowest BCUT2D eigenvalue weighted by Gasteiger charge is -2.33. The smallest absolute Gasteiger partial charge is 0.0294 e. The summed E-state index contributed by atoms with van der Waals surface area (Å²) in [6.45, 7) is 10.4. The predicted octanol–water partition coefficient (Wildman–Crippen LogP) is 3.38. The molecule has 1 heterocycles. The second-order valence-corrected chi connectivity index (χ2v) is 5.69. The molecule has 0 spiro atoms. The van der Waals surface area contributed by atoms with Crippen LogP contribution >= 0.6 is 0 Å². The van der Waals surface area contributed by atoms with E-state index in [1.165, 1.54) is 43.6 Å². The topological polar surface area (TPSA) is 15.3 Å². The average Bonchev–Trinajstić information content (AvgIpc) is 2.48. The summed E-state index contributed by atoms with van der Waals surface area (Å²) in [4.78, 5) is 2.54. The summed E-state index contributed by atoms with van der Waals surface area (Å²) in [5, 5.41) is 3.79. The standard InChI is InChI=1S/C17H28N2/c1-4-15-6-8-16(9-7-15)14(3)18-17-10-12-19(5-2)13-11-17/h6-9,14,17-18H,4-5,10-13H2,1-3H3. The van der Waals surface area contributed by atoms with Crippen molar-refractivity contribution in [1.82, 2.24) is 10.2 Å². The molecule has 0 aromatic heterocycles. The largest absolute Gasteiger partial charge is 0.307 e. The summed E-state index contributed by atoms with van der Waals surface area (Å²) >= 11 is 0. The van der Waals surface area contributed by atoms with Gasteiger partial charge in [0.15, 0.2) is 0 Å². The van der Waals surface area contributed by atoms with Gasteiger partial charge in [-0.2, -0.15) is 0 Å². The van der Waals surface area contributed by atoms with Crippen LogP contribution in [0.15, 0.2) is 24.3 Å². The molecule has 0 aliphatic carbocycles. The maximum Gasteiger partial charge on any atom is 0.0294 e. The van der Waals surface area contributed by atoms with E-state index < -0.39 is 0 Å². The van der Waals surface area contributed by atoms with Crippen molar-refractivity contribution in [1.29, 1.82) is 0 Å². The molecule has 2 nitrogen and oxygen atoms in total. The van der Waals surface area contributed by atoms with Gasteiger partial charge in [0.1, 0.15) is 0 Å². The zero-order chi connectivity index (χ0) is 13.7. The molecule has 1 aliphatic heterocycles. The van der Waals surface area contributed by atoms with Crippen LogP contribution in [0.2, 0.25) is 0 Å². The summed E-state index contributed by atoms with van der Waals surface area (Å²) in [5.74, 6) is 0. The highest BCUT2D eigenvalue weighted by Crippen LogP contribution is 2.18. The Hall–Kier alpha value is -0.860. The molecule has 0 saturated carbocycles. The minimum atomic E-state index is 0.462. The van der Waals surface area contributed by atoms with E-state index in [1.807, 2.05) is 0 Å². The highest BCUT2D eigenvalue weighted by Gasteiger charge is 2.19. The number of piperidine rings is 1. The van der Waals surface area contributed by atoms with Crippen LogP contribution in [0.3, 0.4) is 0 Å². The first-order valence-electron chi connectivity index (χ1n) is 7.80. The second kappa shape index (κ2) is 7.06. The van der Waals surface area contributed by atoms with Crippen LogP contribution in [-0.2, 0) is 6.42 Å². The van der Waals surface area contributed by atoms with Crippen molar-refractivity contribution in [3.8, 4) is 0 Å². The number of nitrogens with zero attached hydrogens (tertiary/aromatic N) is 1. The number of hydrogen-bond acceptors (Lipinski definition) is 2. The minimum absolute atomic E-state index is 0.462. The first-order chi connectivity index (χ1) is 9.22. The maximum atomic E-state index is 3.79. The Morgan fingerprint density at radius 1 is 1.16 bits per heavy atom. The van der Waals surface area contributed by atoms with E-state index in [-0.39, 0.29) is 0 Å². The number of likely N-dealkylation sites (tertiary alicyclic amines) is 1. The van der Waals surface area contributed by atoms with Crippen LogP contribution in [0.5, 0.6) is 0 Å². The van der Waals surface area contributed by atoms with Crippen LogP contribution < -0.4 is 5.32 Å². The third-order valence-corrected chi connectivity index (χ3v) is 4.41.